The number of piperazine rings is 1. The number of hydrogen-bond acceptors (Lipinski definition) is 6. The van der Waals surface area contributed by atoms with Crippen LogP contribution in [0.1, 0.15) is 19.1 Å². The lowest BCUT2D eigenvalue weighted by Gasteiger charge is -2.36. The molecule has 2 amide bonds. The van der Waals surface area contributed by atoms with Crippen LogP contribution in [0, 0.1) is 6.92 Å². The Hall–Kier alpha value is -3.03. The van der Waals surface area contributed by atoms with Crippen molar-refractivity contribution in [2.24, 2.45) is 0 Å². The van der Waals surface area contributed by atoms with Gasteiger partial charge in [-0.15, -0.1) is 0 Å². The molecule has 0 bridgehead atoms. The van der Waals surface area contributed by atoms with Gasteiger partial charge < -0.3 is 19.1 Å². The largest absolute Gasteiger partial charge is 0.497 e. The molecule has 0 unspecified atom stereocenters. The van der Waals surface area contributed by atoms with Crippen LogP contribution in [0.2, 0.25) is 0 Å². The molecule has 1 fully saturated rings. The van der Waals surface area contributed by atoms with Gasteiger partial charge in [0.05, 0.1) is 7.11 Å². The molecule has 0 atom stereocenters. The quantitative estimate of drug-likeness (QED) is 0.756. The molecule has 3 rings (SSSR count). The molecule has 1 aromatic heterocycles. The lowest BCUT2D eigenvalue weighted by atomic mass is 10.2. The average molecular weight is 386 g/mol. The molecule has 1 aliphatic rings. The van der Waals surface area contributed by atoms with E-state index in [-0.39, 0.29) is 18.2 Å². The van der Waals surface area contributed by atoms with Gasteiger partial charge in [-0.25, -0.2) is 0 Å². The van der Waals surface area contributed by atoms with E-state index in [9.17, 15) is 9.59 Å². The van der Waals surface area contributed by atoms with E-state index in [4.69, 9.17) is 9.26 Å². The Kier molecular flexibility index (Phi) is 6.18. The molecule has 2 heterocycles. The number of carbonyl (C=O) groups is 2. The standard InChI is InChI=1S/C20H26N4O4/c1-15-14-19(21-28-15)24(16(2)25)9-8-20(26)23-12-10-22(11-13-23)17-4-6-18(27-3)7-5-17/h4-7,14H,8-13H2,1-3H3. The van der Waals surface area contributed by atoms with Crippen molar-refractivity contribution in [2.45, 2.75) is 20.3 Å². The zero-order chi connectivity index (χ0) is 20.1. The number of carbonyl (C=O) groups excluding carboxylic acids is 2. The monoisotopic (exact) mass is 386 g/mol. The highest BCUT2D eigenvalue weighted by molar-refractivity contribution is 5.91. The highest BCUT2D eigenvalue weighted by Crippen LogP contribution is 2.21. The van der Waals surface area contributed by atoms with Crippen LogP contribution >= 0.6 is 0 Å². The third-order valence-electron chi connectivity index (χ3n) is 4.89. The number of anilines is 2. The van der Waals surface area contributed by atoms with Gasteiger partial charge in [0.2, 0.25) is 11.8 Å². The van der Waals surface area contributed by atoms with Crippen LogP contribution in [0.25, 0.3) is 0 Å². The van der Waals surface area contributed by atoms with E-state index in [0.717, 1.165) is 24.5 Å². The zero-order valence-electron chi connectivity index (χ0n) is 16.6. The second-order valence-corrected chi connectivity index (χ2v) is 6.78. The molecular formula is C20H26N4O4. The van der Waals surface area contributed by atoms with E-state index in [1.165, 1.54) is 11.8 Å². The van der Waals surface area contributed by atoms with Crippen molar-refractivity contribution in [1.29, 1.82) is 0 Å². The average Bonchev–Trinajstić information content (AvgIpc) is 3.14. The first kappa shape index (κ1) is 19.7. The maximum atomic E-state index is 12.6. The van der Waals surface area contributed by atoms with Gasteiger partial charge in [0, 0.05) is 57.8 Å². The van der Waals surface area contributed by atoms with Crippen LogP contribution in [0.5, 0.6) is 5.75 Å². The molecule has 8 nitrogen and oxygen atoms in total. The maximum absolute atomic E-state index is 12.6. The van der Waals surface area contributed by atoms with Crippen molar-refractivity contribution < 1.29 is 18.8 Å². The molecule has 0 saturated carbocycles. The van der Waals surface area contributed by atoms with Crippen LogP contribution in [-0.4, -0.2) is 61.7 Å². The highest BCUT2D eigenvalue weighted by Gasteiger charge is 2.23. The predicted octanol–water partition coefficient (Wildman–Crippen LogP) is 2.08. The molecule has 0 N–H and O–H groups in total. The number of methoxy groups -OCH3 is 1. The molecule has 1 aliphatic heterocycles. The summed E-state index contributed by atoms with van der Waals surface area (Å²) in [6, 6.07) is 9.63. The Balaban J connectivity index is 1.51. The van der Waals surface area contributed by atoms with Crippen molar-refractivity contribution in [3.05, 3.63) is 36.1 Å². The van der Waals surface area contributed by atoms with Crippen molar-refractivity contribution in [3.63, 3.8) is 0 Å². The molecule has 8 heteroatoms. The zero-order valence-corrected chi connectivity index (χ0v) is 16.6. The Morgan fingerprint density at radius 1 is 1.18 bits per heavy atom. The minimum atomic E-state index is -0.162. The first-order valence-corrected chi connectivity index (χ1v) is 9.36. The van der Waals surface area contributed by atoms with E-state index < -0.39 is 0 Å². The Labute approximate surface area is 164 Å². The topological polar surface area (TPSA) is 79.1 Å². The van der Waals surface area contributed by atoms with Crippen LogP contribution < -0.4 is 14.5 Å². The lowest BCUT2D eigenvalue weighted by Crippen LogP contribution is -2.49. The molecule has 0 radical (unpaired) electrons. The maximum Gasteiger partial charge on any atom is 0.225 e. The summed E-state index contributed by atoms with van der Waals surface area (Å²) in [5, 5.41) is 3.87. The van der Waals surface area contributed by atoms with E-state index in [1.807, 2.05) is 29.2 Å². The lowest BCUT2D eigenvalue weighted by molar-refractivity contribution is -0.131. The van der Waals surface area contributed by atoms with Crippen molar-refractivity contribution in [2.75, 3.05) is 49.6 Å². The summed E-state index contributed by atoms with van der Waals surface area (Å²) in [5.41, 5.74) is 1.12. The van der Waals surface area contributed by atoms with Gasteiger partial charge in [-0.05, 0) is 31.2 Å². The number of aryl methyl sites for hydroxylation is 1. The molecule has 1 aromatic carbocycles. The number of rotatable bonds is 6. The minimum absolute atomic E-state index is 0.0425. The molecule has 0 spiro atoms. The van der Waals surface area contributed by atoms with Gasteiger partial charge in [-0.1, -0.05) is 5.16 Å². The van der Waals surface area contributed by atoms with Gasteiger partial charge in [0.15, 0.2) is 5.82 Å². The van der Waals surface area contributed by atoms with E-state index in [0.29, 0.717) is 31.2 Å². The first-order valence-electron chi connectivity index (χ1n) is 9.36. The fourth-order valence-electron chi connectivity index (χ4n) is 3.29. The number of amides is 2. The summed E-state index contributed by atoms with van der Waals surface area (Å²) in [7, 11) is 1.65. The second-order valence-electron chi connectivity index (χ2n) is 6.78. The van der Waals surface area contributed by atoms with Gasteiger partial charge in [-0.3, -0.25) is 14.5 Å². The SMILES string of the molecule is COc1ccc(N2CCN(C(=O)CCN(C(C)=O)c3cc(C)on3)CC2)cc1. The number of hydrogen-bond donors (Lipinski definition) is 0. The third-order valence-corrected chi connectivity index (χ3v) is 4.89. The summed E-state index contributed by atoms with van der Waals surface area (Å²) in [6.45, 7) is 6.39. The minimum Gasteiger partial charge on any atom is -0.497 e. The van der Waals surface area contributed by atoms with E-state index >= 15 is 0 Å². The van der Waals surface area contributed by atoms with Gasteiger partial charge in [0.25, 0.3) is 0 Å². The van der Waals surface area contributed by atoms with Crippen LogP contribution in [-0.2, 0) is 9.59 Å². The molecule has 0 aliphatic carbocycles. The first-order chi connectivity index (χ1) is 13.5. The summed E-state index contributed by atoms with van der Waals surface area (Å²) in [5.74, 6) is 1.78. The van der Waals surface area contributed by atoms with Crippen molar-refractivity contribution in [3.8, 4) is 5.75 Å². The molecular weight excluding hydrogens is 360 g/mol. The van der Waals surface area contributed by atoms with Crippen LogP contribution in [0.3, 0.4) is 0 Å². The van der Waals surface area contributed by atoms with Crippen molar-refractivity contribution >= 4 is 23.3 Å². The number of benzene rings is 1. The number of ether oxygens (including phenoxy) is 1. The molecule has 150 valence electrons. The Morgan fingerprint density at radius 2 is 1.86 bits per heavy atom. The Morgan fingerprint density at radius 3 is 2.39 bits per heavy atom. The predicted molar refractivity (Wildman–Crippen MR) is 106 cm³/mol. The summed E-state index contributed by atoms with van der Waals surface area (Å²) >= 11 is 0. The Bertz CT molecular complexity index is 810. The molecule has 1 saturated heterocycles. The second kappa shape index (κ2) is 8.77. The van der Waals surface area contributed by atoms with E-state index in [1.54, 1.807) is 20.1 Å². The fraction of sp³-hybridized carbons (Fsp3) is 0.450. The fourth-order valence-corrected chi connectivity index (χ4v) is 3.29. The summed E-state index contributed by atoms with van der Waals surface area (Å²) in [6.07, 6.45) is 0.258. The summed E-state index contributed by atoms with van der Waals surface area (Å²) < 4.78 is 10.2. The van der Waals surface area contributed by atoms with Crippen molar-refractivity contribution in [1.82, 2.24) is 10.1 Å². The van der Waals surface area contributed by atoms with Crippen LogP contribution in [0.15, 0.2) is 34.9 Å². The third kappa shape index (κ3) is 4.62. The van der Waals surface area contributed by atoms with Crippen LogP contribution in [0.4, 0.5) is 11.5 Å². The van der Waals surface area contributed by atoms with Gasteiger partial charge in [-0.2, -0.15) is 0 Å². The van der Waals surface area contributed by atoms with E-state index in [2.05, 4.69) is 10.1 Å². The smallest absolute Gasteiger partial charge is 0.225 e. The van der Waals surface area contributed by atoms with Gasteiger partial charge in [0.1, 0.15) is 11.5 Å². The normalized spacial score (nSPS) is 14.1. The molecule has 2 aromatic rings. The summed E-state index contributed by atoms with van der Waals surface area (Å²) in [4.78, 5) is 30.1. The number of nitrogens with zero attached hydrogens (tertiary/aromatic N) is 4. The molecule has 28 heavy (non-hydrogen) atoms. The number of aromatic nitrogens is 1. The van der Waals surface area contributed by atoms with Gasteiger partial charge >= 0.3 is 0 Å². The highest BCUT2D eigenvalue weighted by atomic mass is 16.5.